The normalized spacial score (nSPS) is 15.5. The zero-order valence-corrected chi connectivity index (χ0v) is 44.9. The van der Waals surface area contributed by atoms with E-state index < -0.39 is 0 Å². The third-order valence-corrected chi connectivity index (χ3v) is 18.0. The first-order chi connectivity index (χ1) is 40.7. The van der Waals surface area contributed by atoms with Crippen molar-refractivity contribution in [3.8, 4) is 66.8 Å². The molecule has 1 aliphatic carbocycles. The molecule has 0 saturated carbocycles. The minimum absolute atomic E-state index is 0.0230. The Hall–Kier alpha value is -10.4. The molecular weight excluding hydrogens is 990 g/mol. The first-order valence-corrected chi connectivity index (χ1v) is 28.7. The Morgan fingerprint density at radius 1 is 0.305 bits per heavy atom. The van der Waals surface area contributed by atoms with Gasteiger partial charge in [-0.1, -0.05) is 255 Å². The van der Waals surface area contributed by atoms with Crippen LogP contribution in [0, 0.1) is 0 Å². The number of fused-ring (bicyclic) bond motifs is 15. The maximum atomic E-state index is 2.74. The number of benzene rings is 12. The van der Waals surface area contributed by atoms with Crippen LogP contribution in [0.25, 0.3) is 72.3 Å². The van der Waals surface area contributed by atoms with Gasteiger partial charge in [0.25, 0.3) is 6.71 Å². The Bertz CT molecular complexity index is 4520. The quantitative estimate of drug-likeness (QED) is 0.154. The standard InChI is InChI=1S/C78H52BN3/c1-5-20-51(21-6-1)55-36-42-59(43-37-55)80-71-46-40-57(53-24-9-3-10-25-53)48-68(71)79-69-49-58(54-26-11-4-12-27-54)41-47-72(69)81(60-44-38-56(39-45-60)52-22-7-2-8-23-52)78-75-67-34-19-33-66-64-31-16-14-29-62(64)61-28-13-15-30-63(61)65-32-17-18-35-70(65)82(77(66)67)73(75)50-74(80)76(78)79/h1-50,67,77H. The van der Waals surface area contributed by atoms with Crippen LogP contribution in [0.3, 0.4) is 0 Å². The lowest BCUT2D eigenvalue weighted by Crippen LogP contribution is -2.61. The minimum atomic E-state index is -0.138. The summed E-state index contributed by atoms with van der Waals surface area (Å²) in [4.78, 5) is 7.99. The molecule has 0 spiro atoms. The van der Waals surface area contributed by atoms with E-state index in [0.717, 1.165) is 11.4 Å². The van der Waals surface area contributed by atoms with E-state index in [9.17, 15) is 0 Å². The summed E-state index contributed by atoms with van der Waals surface area (Å²) in [5, 5.41) is 0. The van der Waals surface area contributed by atoms with Gasteiger partial charge in [0.1, 0.15) is 0 Å². The summed E-state index contributed by atoms with van der Waals surface area (Å²) in [6.45, 7) is -0.138. The molecule has 3 nitrogen and oxygen atoms in total. The van der Waals surface area contributed by atoms with Crippen molar-refractivity contribution < 1.29 is 0 Å². The molecular formula is C78H52BN3. The summed E-state index contributed by atoms with van der Waals surface area (Å²) in [6.07, 6.45) is 7.27. The average Bonchev–Trinajstić information content (AvgIpc) is 2.73. The predicted octanol–water partition coefficient (Wildman–Crippen LogP) is 18.3. The predicted molar refractivity (Wildman–Crippen MR) is 345 cm³/mol. The SMILES string of the molecule is C1=CC2c3c(cc4c5c3N(c3ccc(-c6ccccc6)cc3)c3ccc(-c6ccccc6)cc3B5c3cc(-c5ccccc5)ccc3N4c3ccc(-c4ccccc4)cc3)N3c4ccccc4-c4ccccc4-c4ccccc4C(=C1)C23. The van der Waals surface area contributed by atoms with Gasteiger partial charge in [0.2, 0.25) is 0 Å². The van der Waals surface area contributed by atoms with Crippen molar-refractivity contribution in [2.24, 2.45) is 0 Å². The highest BCUT2D eigenvalue weighted by molar-refractivity contribution is 7.00. The lowest BCUT2D eigenvalue weighted by Gasteiger charge is -2.45. The first-order valence-electron chi connectivity index (χ1n) is 28.7. The Morgan fingerprint density at radius 3 is 1.27 bits per heavy atom. The molecule has 0 fully saturated rings. The molecule has 0 radical (unpaired) electrons. The van der Waals surface area contributed by atoms with Crippen LogP contribution in [0.15, 0.2) is 303 Å². The average molecular weight is 1040 g/mol. The molecule has 382 valence electrons. The van der Waals surface area contributed by atoms with E-state index in [-0.39, 0.29) is 18.7 Å². The molecule has 4 aliphatic heterocycles. The Balaban J connectivity index is 1.01. The number of allylic oxidation sites excluding steroid dienone is 2. The molecule has 2 unspecified atom stereocenters. The highest BCUT2D eigenvalue weighted by Crippen LogP contribution is 2.61. The maximum Gasteiger partial charge on any atom is 0.252 e. The second kappa shape index (κ2) is 18.6. The van der Waals surface area contributed by atoms with Gasteiger partial charge < -0.3 is 14.7 Å². The Kier molecular flexibility index (Phi) is 10.5. The van der Waals surface area contributed by atoms with Crippen molar-refractivity contribution in [2.45, 2.75) is 12.0 Å². The van der Waals surface area contributed by atoms with Gasteiger partial charge in [-0.25, -0.2) is 0 Å². The number of rotatable bonds is 6. The van der Waals surface area contributed by atoms with Crippen LogP contribution in [0.4, 0.5) is 45.5 Å². The summed E-state index contributed by atoms with van der Waals surface area (Å²) >= 11 is 0. The monoisotopic (exact) mass is 1040 g/mol. The summed E-state index contributed by atoms with van der Waals surface area (Å²) < 4.78 is 0. The van der Waals surface area contributed by atoms with E-state index in [1.165, 1.54) is 134 Å². The lowest BCUT2D eigenvalue weighted by atomic mass is 9.33. The van der Waals surface area contributed by atoms with Gasteiger partial charge in [0.05, 0.1) is 6.04 Å². The van der Waals surface area contributed by atoms with Gasteiger partial charge in [0, 0.05) is 62.5 Å². The van der Waals surface area contributed by atoms with Gasteiger partial charge in [0.15, 0.2) is 0 Å². The van der Waals surface area contributed by atoms with Crippen LogP contribution >= 0.6 is 0 Å². The fourth-order valence-electron chi connectivity index (χ4n) is 14.4. The molecule has 0 aromatic heterocycles. The molecule has 0 N–H and O–H groups in total. The van der Waals surface area contributed by atoms with Crippen LogP contribution in [0.1, 0.15) is 17.0 Å². The highest BCUT2D eigenvalue weighted by atomic mass is 15.2. The van der Waals surface area contributed by atoms with Crippen molar-refractivity contribution in [1.82, 2.24) is 0 Å². The first kappa shape index (κ1) is 46.5. The zero-order valence-electron chi connectivity index (χ0n) is 44.9. The maximum absolute atomic E-state index is 2.74. The van der Waals surface area contributed by atoms with Crippen LogP contribution in [0.5, 0.6) is 0 Å². The van der Waals surface area contributed by atoms with Crippen molar-refractivity contribution in [2.75, 3.05) is 14.7 Å². The zero-order chi connectivity index (χ0) is 53.8. The summed E-state index contributed by atoms with van der Waals surface area (Å²) in [7, 11) is 0. The molecule has 2 atom stereocenters. The molecule has 82 heavy (non-hydrogen) atoms. The van der Waals surface area contributed by atoms with Gasteiger partial charge in [-0.3, -0.25) is 0 Å². The van der Waals surface area contributed by atoms with Crippen molar-refractivity contribution in [3.05, 3.63) is 314 Å². The van der Waals surface area contributed by atoms with Gasteiger partial charge in [-0.15, -0.1) is 0 Å². The molecule has 0 bridgehead atoms. The fraction of sp³-hybridized carbons (Fsp3) is 0.0256. The van der Waals surface area contributed by atoms with Gasteiger partial charge >= 0.3 is 0 Å². The number of para-hydroxylation sites is 1. The van der Waals surface area contributed by atoms with E-state index in [0.29, 0.717) is 0 Å². The molecule has 12 aromatic rings. The Labute approximate surface area is 479 Å². The summed E-state index contributed by atoms with van der Waals surface area (Å²) in [5.74, 6) is -0.0230. The second-order valence-corrected chi connectivity index (χ2v) is 22.3. The second-order valence-electron chi connectivity index (χ2n) is 22.3. The van der Waals surface area contributed by atoms with E-state index in [2.05, 4.69) is 318 Å². The van der Waals surface area contributed by atoms with Crippen molar-refractivity contribution >= 4 is 74.2 Å². The van der Waals surface area contributed by atoms with Crippen molar-refractivity contribution in [1.29, 1.82) is 0 Å². The Morgan fingerprint density at radius 2 is 0.720 bits per heavy atom. The van der Waals surface area contributed by atoms with E-state index >= 15 is 0 Å². The van der Waals surface area contributed by atoms with Crippen LogP contribution in [-0.2, 0) is 0 Å². The minimum Gasteiger partial charge on any atom is -0.332 e. The van der Waals surface area contributed by atoms with E-state index in [1.54, 1.807) is 0 Å². The van der Waals surface area contributed by atoms with Crippen molar-refractivity contribution in [3.63, 3.8) is 0 Å². The molecule has 17 rings (SSSR count). The van der Waals surface area contributed by atoms with Crippen LogP contribution in [0.2, 0.25) is 0 Å². The lowest BCUT2D eigenvalue weighted by molar-refractivity contribution is 0.762. The fourth-order valence-corrected chi connectivity index (χ4v) is 14.4. The topological polar surface area (TPSA) is 9.72 Å². The largest absolute Gasteiger partial charge is 0.332 e. The number of anilines is 8. The number of nitrogens with zero attached hydrogens (tertiary/aromatic N) is 3. The summed E-state index contributed by atoms with van der Waals surface area (Å²) in [6, 6.07) is 106. The third-order valence-electron chi connectivity index (χ3n) is 18.0. The van der Waals surface area contributed by atoms with Gasteiger partial charge in [-0.05, 0) is 137 Å². The molecule has 4 heterocycles. The summed E-state index contributed by atoms with van der Waals surface area (Å²) in [5.41, 5.74) is 31.8. The van der Waals surface area contributed by atoms with Crippen LogP contribution in [-0.4, -0.2) is 12.8 Å². The molecule has 12 aromatic carbocycles. The molecule has 5 aliphatic rings. The third kappa shape index (κ3) is 7.11. The molecule has 0 amide bonds. The van der Waals surface area contributed by atoms with Gasteiger partial charge in [-0.2, -0.15) is 0 Å². The molecule has 4 heteroatoms. The van der Waals surface area contributed by atoms with E-state index in [1.807, 2.05) is 0 Å². The van der Waals surface area contributed by atoms with Crippen LogP contribution < -0.4 is 31.1 Å². The van der Waals surface area contributed by atoms with E-state index in [4.69, 9.17) is 0 Å². The number of hydrogen-bond donors (Lipinski definition) is 0. The number of hydrogen-bond acceptors (Lipinski definition) is 3. The smallest absolute Gasteiger partial charge is 0.252 e. The highest BCUT2D eigenvalue weighted by Gasteiger charge is 2.52. The molecule has 0 saturated heterocycles.